The van der Waals surface area contributed by atoms with Gasteiger partial charge in [-0.05, 0) is 47.2 Å². The monoisotopic (exact) mass is 785 g/mol. The lowest BCUT2D eigenvalue weighted by molar-refractivity contribution is -0.150. The maximum absolute atomic E-state index is 12.7. The van der Waals surface area contributed by atoms with Gasteiger partial charge in [0.15, 0.2) is 16.5 Å². The molecule has 18 heteroatoms. The summed E-state index contributed by atoms with van der Waals surface area (Å²) < 4.78 is 99.7. The number of hydrogen-bond donors (Lipinski definition) is 1. The Kier molecular flexibility index (Phi) is 11.3. The highest BCUT2D eigenvalue weighted by Gasteiger charge is 2.69. The van der Waals surface area contributed by atoms with Crippen molar-refractivity contribution in [3.63, 3.8) is 0 Å². The molecular weight excluding hydrogens is 759 g/mol. The van der Waals surface area contributed by atoms with Gasteiger partial charge in [-0.2, -0.15) is 42.0 Å². The van der Waals surface area contributed by atoms with Crippen LogP contribution in [0.25, 0.3) is 5.69 Å². The van der Waals surface area contributed by atoms with E-state index in [1.165, 1.54) is 6.07 Å². The fourth-order valence-corrected chi connectivity index (χ4v) is 6.81. The van der Waals surface area contributed by atoms with Crippen LogP contribution in [0.1, 0.15) is 50.6 Å². The van der Waals surface area contributed by atoms with Gasteiger partial charge in [0.25, 0.3) is 0 Å². The Morgan fingerprint density at radius 2 is 1.50 bits per heavy atom. The quantitative estimate of drug-likeness (QED) is 0.144. The summed E-state index contributed by atoms with van der Waals surface area (Å²) in [6, 6.07) is 20.8. The molecule has 1 fully saturated rings. The van der Waals surface area contributed by atoms with Crippen molar-refractivity contribution in [2.24, 2.45) is 16.7 Å². The Hall–Kier alpha value is -4.77. The van der Waals surface area contributed by atoms with Crippen molar-refractivity contribution in [1.29, 1.82) is 10.5 Å². The first-order valence-corrected chi connectivity index (χ1v) is 16.7. The van der Waals surface area contributed by atoms with Crippen LogP contribution < -0.4 is 10.5 Å². The summed E-state index contributed by atoms with van der Waals surface area (Å²) in [4.78, 5) is 11.4. The Bertz CT molecular complexity index is 2070. The number of aromatic nitrogens is 2. The molecule has 274 valence electrons. The number of benzene rings is 3. The molecule has 52 heavy (non-hydrogen) atoms. The number of nitrogen functional groups attached to an aromatic ring is 1. The van der Waals surface area contributed by atoms with Crippen LogP contribution in [-0.4, -0.2) is 25.5 Å². The lowest BCUT2D eigenvalue weighted by Gasteiger charge is -2.14. The Labute approximate surface area is 305 Å². The molecular formula is C34H27Cl2F6N5O4S. The number of hydrogen-bond acceptors (Lipinski definition) is 8. The summed E-state index contributed by atoms with van der Waals surface area (Å²) in [7, 11) is -3.71. The molecule has 1 aromatic heterocycles. The van der Waals surface area contributed by atoms with E-state index in [1.54, 1.807) is 24.3 Å². The van der Waals surface area contributed by atoms with Gasteiger partial charge < -0.3 is 15.2 Å². The van der Waals surface area contributed by atoms with E-state index < -0.39 is 66.3 Å². The van der Waals surface area contributed by atoms with Gasteiger partial charge >= 0.3 is 17.7 Å². The summed E-state index contributed by atoms with van der Waals surface area (Å²) in [5.41, 5.74) is -2.06. The van der Waals surface area contributed by atoms with Gasteiger partial charge in [0.05, 0.1) is 21.5 Å². The van der Waals surface area contributed by atoms with E-state index in [4.69, 9.17) is 43.7 Å². The van der Waals surface area contributed by atoms with Gasteiger partial charge in [0.2, 0.25) is 6.10 Å². The number of rotatable bonds is 7. The lowest BCUT2D eigenvalue weighted by atomic mass is 10.0. The zero-order valence-electron chi connectivity index (χ0n) is 27.4. The van der Waals surface area contributed by atoms with E-state index in [9.17, 15) is 40.6 Å². The first-order chi connectivity index (χ1) is 24.1. The van der Waals surface area contributed by atoms with Crippen LogP contribution in [-0.2, 0) is 26.5 Å². The van der Waals surface area contributed by atoms with E-state index in [0.29, 0.717) is 33.9 Å². The smallest absolute Gasteiger partial charge is 0.457 e. The van der Waals surface area contributed by atoms with Gasteiger partial charge in [-0.3, -0.25) is 4.79 Å². The van der Waals surface area contributed by atoms with Crippen LogP contribution in [0, 0.1) is 39.4 Å². The highest BCUT2D eigenvalue weighted by atomic mass is 35.5. The van der Waals surface area contributed by atoms with E-state index in [2.05, 4.69) is 38.9 Å². The van der Waals surface area contributed by atoms with E-state index >= 15 is 0 Å². The topological polar surface area (TPSA) is 144 Å². The molecule has 0 saturated heterocycles. The van der Waals surface area contributed by atoms with Crippen molar-refractivity contribution in [1.82, 2.24) is 9.78 Å². The molecule has 1 saturated carbocycles. The Morgan fingerprint density at radius 3 is 1.98 bits per heavy atom. The summed E-state index contributed by atoms with van der Waals surface area (Å²) in [6.45, 7) is 8.20. The zero-order valence-corrected chi connectivity index (χ0v) is 29.8. The second kappa shape index (κ2) is 14.7. The maximum atomic E-state index is 12.7. The highest BCUT2D eigenvalue weighted by Crippen LogP contribution is 2.68. The third kappa shape index (κ3) is 8.14. The minimum atomic E-state index is -5.25. The number of alkyl halides is 6. The first kappa shape index (κ1) is 40.0. The molecule has 0 aliphatic heterocycles. The second-order valence-electron chi connectivity index (χ2n) is 12.4. The predicted octanol–water partition coefficient (Wildman–Crippen LogP) is 9.55. The standard InChI is InChI=1S/C22H23NO3.C12H4Cl2F6N4OS/c1-21(2)19(22(21,3)4)20(24)26-18(14-23)15-9-8-12-17(13-15)25-16-10-6-5-7-11-16;13-5-1-4(11(15,16)17)2-6(14)8(5)24-10(22)9(7(3-21)23-24)26(25)12(18,19)20/h5-13,18-19H,1-4H3;1-2H,22H2. The zero-order chi connectivity index (χ0) is 39.0. The van der Waals surface area contributed by atoms with Crippen LogP contribution in [0.3, 0.4) is 0 Å². The number of carbonyl (C=O) groups excluding carboxylic acids is 1. The van der Waals surface area contributed by atoms with Crippen molar-refractivity contribution >= 4 is 45.8 Å². The van der Waals surface area contributed by atoms with Gasteiger partial charge in [-0.15, -0.1) is 0 Å². The molecule has 2 N–H and O–H groups in total. The predicted molar refractivity (Wildman–Crippen MR) is 179 cm³/mol. The maximum Gasteiger partial charge on any atom is 0.476 e. The fraction of sp³-hybridized carbons (Fsp3) is 0.294. The number of ether oxygens (including phenoxy) is 2. The third-order valence-corrected chi connectivity index (χ3v) is 10.5. The number of nitrogens with two attached hydrogens (primary N) is 1. The minimum Gasteiger partial charge on any atom is -0.457 e. The van der Waals surface area contributed by atoms with Gasteiger partial charge in [0.1, 0.15) is 40.0 Å². The minimum absolute atomic E-state index is 0.123. The van der Waals surface area contributed by atoms with Crippen LogP contribution in [0.2, 0.25) is 10.0 Å². The van der Waals surface area contributed by atoms with Crippen LogP contribution in [0.4, 0.5) is 32.2 Å². The molecule has 0 amide bonds. The number of esters is 1. The van der Waals surface area contributed by atoms with Gasteiger partial charge in [-0.25, -0.2) is 8.89 Å². The third-order valence-electron chi connectivity index (χ3n) is 8.68. The number of halogens is 8. The van der Waals surface area contributed by atoms with E-state index in [0.717, 1.165) is 0 Å². The second-order valence-corrected chi connectivity index (χ2v) is 14.6. The molecule has 5 rings (SSSR count). The molecule has 3 aromatic carbocycles. The van der Waals surface area contributed by atoms with Gasteiger partial charge in [0, 0.05) is 5.56 Å². The number of anilines is 1. The molecule has 9 nitrogen and oxygen atoms in total. The van der Waals surface area contributed by atoms with E-state index in [1.807, 2.05) is 30.3 Å². The lowest BCUT2D eigenvalue weighted by Crippen LogP contribution is -2.18. The van der Waals surface area contributed by atoms with Crippen LogP contribution in [0.15, 0.2) is 71.6 Å². The largest absolute Gasteiger partial charge is 0.476 e. The number of nitrogens with zero attached hydrogens (tertiary/aromatic N) is 4. The van der Waals surface area contributed by atoms with Crippen LogP contribution >= 0.6 is 23.2 Å². The average molecular weight is 787 g/mol. The number of para-hydroxylation sites is 1. The molecule has 1 aliphatic rings. The molecule has 1 heterocycles. The summed E-state index contributed by atoms with van der Waals surface area (Å²) in [5, 5.41) is 20.6. The van der Waals surface area contributed by atoms with Crippen molar-refractivity contribution in [3.05, 3.63) is 93.6 Å². The molecule has 0 bridgehead atoms. The Balaban J connectivity index is 0.000000233. The fourth-order valence-electron chi connectivity index (χ4n) is 5.39. The summed E-state index contributed by atoms with van der Waals surface area (Å²) >= 11 is 11.5. The first-order valence-electron chi connectivity index (χ1n) is 14.8. The van der Waals surface area contributed by atoms with Crippen molar-refractivity contribution in [2.45, 2.75) is 50.4 Å². The molecule has 0 radical (unpaired) electrons. The SMILES string of the molecule is CC1(C)C(C(=O)OC(C#N)c2cccc(Oc3ccccc3)c2)C1(C)C.N#Cc1nn(-c2c(Cl)cc(C(F)(F)F)cc2Cl)c(N)c1S(=O)C(F)(F)F. The normalized spacial score (nSPS) is 16.0. The molecule has 0 spiro atoms. The highest BCUT2D eigenvalue weighted by molar-refractivity contribution is 7.86. The van der Waals surface area contributed by atoms with Gasteiger partial charge in [-0.1, -0.05) is 81.2 Å². The number of carbonyl (C=O) groups is 1. The molecule has 4 aromatic rings. The van der Waals surface area contributed by atoms with Crippen LogP contribution in [0.5, 0.6) is 11.5 Å². The van der Waals surface area contributed by atoms with Crippen molar-refractivity contribution in [2.75, 3.05) is 5.73 Å². The van der Waals surface area contributed by atoms with Crippen molar-refractivity contribution in [3.8, 4) is 29.3 Å². The summed E-state index contributed by atoms with van der Waals surface area (Å²) in [5.74, 6) is -0.120. The molecule has 2 atom stereocenters. The molecule has 1 aliphatic carbocycles. The summed E-state index contributed by atoms with van der Waals surface area (Å²) in [6.07, 6.45) is -5.74. The van der Waals surface area contributed by atoms with Crippen molar-refractivity contribution < 1.29 is 44.8 Å². The average Bonchev–Trinajstić information content (AvgIpc) is 3.27. The van der Waals surface area contributed by atoms with E-state index in [-0.39, 0.29) is 22.7 Å². The Morgan fingerprint density at radius 1 is 0.942 bits per heavy atom. The number of nitriles is 2. The molecule has 2 unspecified atom stereocenters.